The van der Waals surface area contributed by atoms with Crippen LogP contribution in [0.1, 0.15) is 64.1 Å². The van der Waals surface area contributed by atoms with Gasteiger partial charge >= 0.3 is 17.8 Å². The van der Waals surface area contributed by atoms with Gasteiger partial charge in [-0.05, 0) is 59.7 Å². The summed E-state index contributed by atoms with van der Waals surface area (Å²) in [6.07, 6.45) is 4.03. The van der Waals surface area contributed by atoms with Crippen molar-refractivity contribution in [3.05, 3.63) is 125 Å². The van der Waals surface area contributed by atoms with Crippen LogP contribution in [-0.2, 0) is 18.8 Å². The summed E-state index contributed by atoms with van der Waals surface area (Å²) >= 11 is 0. The van der Waals surface area contributed by atoms with Crippen molar-refractivity contribution < 1.29 is 27.0 Å². The molecule has 0 spiro atoms. The molecule has 1 aliphatic heterocycles. The fraction of sp³-hybridized carbons (Fsp3) is 0.235. The highest BCUT2D eigenvalue weighted by molar-refractivity contribution is 6.02. The van der Waals surface area contributed by atoms with Gasteiger partial charge in [0.15, 0.2) is 5.69 Å². The number of aromatic nitrogens is 2. The van der Waals surface area contributed by atoms with Gasteiger partial charge in [-0.25, -0.2) is 4.39 Å². The minimum absolute atomic E-state index is 0.191. The first-order valence-corrected chi connectivity index (χ1v) is 14.6. The molecule has 0 radical (unpaired) electrons. The summed E-state index contributed by atoms with van der Waals surface area (Å²) in [6, 6.07) is 19.4. The SMILES string of the molecule is Cn1c(C(F)(F)F)cc(C(=O)Nc2cc(C(N)(CCC3CC3)c3ccccc3)ccc2F)[n+]1-c1ccc2c(c1)C(N)=CNC=C2. The maximum Gasteiger partial charge on any atom is 0.437 e. The van der Waals surface area contributed by atoms with Crippen molar-refractivity contribution in [3.63, 3.8) is 0 Å². The normalized spacial score (nSPS) is 15.8. The topological polar surface area (TPSA) is 102 Å². The predicted molar refractivity (Wildman–Crippen MR) is 164 cm³/mol. The Bertz CT molecular complexity index is 1820. The predicted octanol–water partition coefficient (Wildman–Crippen LogP) is 5.94. The average Bonchev–Trinajstić information content (AvgIpc) is 3.81. The molecular formula is C34H33F4N6O+. The molecule has 6 N–H and O–H groups in total. The van der Waals surface area contributed by atoms with Crippen molar-refractivity contribution in [2.45, 2.75) is 37.4 Å². The number of hydrogen-bond donors (Lipinski definition) is 4. The molecule has 6 rings (SSSR count). The van der Waals surface area contributed by atoms with Crippen LogP contribution in [0.4, 0.5) is 23.2 Å². The number of fused-ring (bicyclic) bond motifs is 1. The Kier molecular flexibility index (Phi) is 7.74. The van der Waals surface area contributed by atoms with Crippen LogP contribution in [0.25, 0.3) is 17.5 Å². The number of amides is 1. The van der Waals surface area contributed by atoms with Crippen molar-refractivity contribution in [1.82, 2.24) is 10.00 Å². The number of carbonyl (C=O) groups is 1. The molecule has 45 heavy (non-hydrogen) atoms. The van der Waals surface area contributed by atoms with Gasteiger partial charge < -0.3 is 22.1 Å². The summed E-state index contributed by atoms with van der Waals surface area (Å²) in [5.41, 5.74) is 14.0. The number of nitrogens with two attached hydrogens (primary N) is 2. The molecular weight excluding hydrogens is 584 g/mol. The third-order valence-electron chi connectivity index (χ3n) is 8.53. The van der Waals surface area contributed by atoms with Crippen LogP contribution in [-0.4, -0.2) is 10.6 Å². The molecule has 1 atom stereocenters. The molecule has 3 aromatic carbocycles. The minimum atomic E-state index is -4.77. The van der Waals surface area contributed by atoms with Crippen molar-refractivity contribution >= 4 is 23.4 Å². The van der Waals surface area contributed by atoms with Gasteiger partial charge in [-0.1, -0.05) is 53.9 Å². The maximum atomic E-state index is 15.2. The van der Waals surface area contributed by atoms with Gasteiger partial charge in [0.2, 0.25) is 5.69 Å². The van der Waals surface area contributed by atoms with Crippen molar-refractivity contribution in [3.8, 4) is 5.69 Å². The molecule has 1 amide bonds. The average molecular weight is 618 g/mol. The zero-order valence-corrected chi connectivity index (χ0v) is 24.5. The van der Waals surface area contributed by atoms with E-state index in [0.717, 1.165) is 45.8 Å². The lowest BCUT2D eigenvalue weighted by Gasteiger charge is -2.31. The smallest absolute Gasteiger partial charge is 0.397 e. The van der Waals surface area contributed by atoms with Gasteiger partial charge in [0.05, 0.1) is 30.0 Å². The number of nitrogens with zero attached hydrogens (tertiary/aromatic N) is 2. The van der Waals surface area contributed by atoms with Crippen molar-refractivity contribution in [2.75, 3.05) is 5.32 Å². The van der Waals surface area contributed by atoms with E-state index < -0.39 is 29.1 Å². The number of alkyl halides is 3. The zero-order chi connectivity index (χ0) is 31.9. The monoisotopic (exact) mass is 617 g/mol. The Morgan fingerprint density at radius 3 is 2.51 bits per heavy atom. The highest BCUT2D eigenvalue weighted by Gasteiger charge is 2.42. The highest BCUT2D eigenvalue weighted by Crippen LogP contribution is 2.40. The quantitative estimate of drug-likeness (QED) is 0.145. The van der Waals surface area contributed by atoms with Gasteiger partial charge in [-0.3, -0.25) is 4.79 Å². The van der Waals surface area contributed by atoms with Crippen LogP contribution in [0.5, 0.6) is 0 Å². The Labute approximate surface area is 257 Å². The number of anilines is 1. The van der Waals surface area contributed by atoms with Crippen LogP contribution in [0, 0.1) is 11.7 Å². The van der Waals surface area contributed by atoms with E-state index in [0.29, 0.717) is 29.2 Å². The number of nitrogens with one attached hydrogen (secondary N) is 2. The number of hydrogen-bond acceptors (Lipinski definition) is 4. The fourth-order valence-corrected chi connectivity index (χ4v) is 5.83. The zero-order valence-electron chi connectivity index (χ0n) is 24.5. The Morgan fingerprint density at radius 1 is 1.04 bits per heavy atom. The van der Waals surface area contributed by atoms with Crippen LogP contribution in [0.3, 0.4) is 0 Å². The molecule has 11 heteroatoms. The molecule has 1 aromatic heterocycles. The van der Waals surface area contributed by atoms with Crippen LogP contribution in [0.15, 0.2) is 85.2 Å². The molecule has 1 unspecified atom stereocenters. The van der Waals surface area contributed by atoms with Crippen LogP contribution < -0.4 is 26.8 Å². The number of rotatable bonds is 8. The van der Waals surface area contributed by atoms with Gasteiger partial charge in [-0.15, -0.1) is 4.68 Å². The molecule has 2 heterocycles. The number of halogens is 4. The first-order valence-electron chi connectivity index (χ1n) is 14.6. The second-order valence-electron chi connectivity index (χ2n) is 11.6. The minimum Gasteiger partial charge on any atom is -0.397 e. The van der Waals surface area contributed by atoms with Crippen molar-refractivity contribution in [1.29, 1.82) is 0 Å². The van der Waals surface area contributed by atoms with E-state index in [-0.39, 0.29) is 17.1 Å². The third kappa shape index (κ3) is 5.95. The summed E-state index contributed by atoms with van der Waals surface area (Å²) in [4.78, 5) is 13.7. The summed E-state index contributed by atoms with van der Waals surface area (Å²) < 4.78 is 59.5. The first kappa shape index (κ1) is 30.1. The molecule has 1 aliphatic carbocycles. The Hall–Kier alpha value is -4.90. The van der Waals surface area contributed by atoms with Crippen LogP contribution >= 0.6 is 0 Å². The fourth-order valence-electron chi connectivity index (χ4n) is 5.83. The lowest BCUT2D eigenvalue weighted by molar-refractivity contribution is -0.685. The molecule has 7 nitrogen and oxygen atoms in total. The van der Waals surface area contributed by atoms with Crippen LogP contribution in [0.2, 0.25) is 0 Å². The van der Waals surface area contributed by atoms with E-state index in [1.807, 2.05) is 30.3 Å². The second-order valence-corrected chi connectivity index (χ2v) is 11.6. The molecule has 232 valence electrons. The second kappa shape index (κ2) is 11.6. The van der Waals surface area contributed by atoms with E-state index in [9.17, 15) is 18.0 Å². The lowest BCUT2D eigenvalue weighted by Crippen LogP contribution is -2.46. The van der Waals surface area contributed by atoms with Gasteiger partial charge in [0, 0.05) is 30.1 Å². The maximum absolute atomic E-state index is 15.2. The summed E-state index contributed by atoms with van der Waals surface area (Å²) in [5.74, 6) is -1.08. The standard InChI is InChI=1S/C34H32F4N6O/c1-43-31(34(36,37)38)19-30(44(43)25-11-9-22-14-16-41-20-28(39)26(22)18-25)32(45)42-29-17-24(10-12-27(29)35)33(40,15-13-21-7-8-21)23-5-3-2-4-6-23/h2-6,9-12,14,16-21,39,42,45H,7-8,13,15,40H2,1H3/p+1. The third-order valence-corrected chi connectivity index (χ3v) is 8.53. The Morgan fingerprint density at radius 2 is 1.80 bits per heavy atom. The van der Waals surface area contributed by atoms with E-state index in [4.69, 9.17) is 11.5 Å². The number of benzene rings is 3. The molecule has 2 aliphatic rings. The van der Waals surface area contributed by atoms with Crippen molar-refractivity contribution in [2.24, 2.45) is 24.4 Å². The van der Waals surface area contributed by atoms with E-state index in [1.54, 1.807) is 42.7 Å². The molecule has 1 saturated carbocycles. The Balaban J connectivity index is 1.40. The van der Waals surface area contributed by atoms with E-state index >= 15 is 4.39 Å². The molecule has 4 aromatic rings. The number of carbonyl (C=O) groups excluding carboxylic acids is 1. The molecule has 1 fully saturated rings. The van der Waals surface area contributed by atoms with E-state index in [1.165, 1.54) is 19.2 Å². The largest absolute Gasteiger partial charge is 0.437 e. The molecule has 0 saturated heterocycles. The highest BCUT2D eigenvalue weighted by atomic mass is 19.4. The summed E-state index contributed by atoms with van der Waals surface area (Å²) in [6.45, 7) is 0. The van der Waals surface area contributed by atoms with Gasteiger partial charge in [0.25, 0.3) is 0 Å². The lowest BCUT2D eigenvalue weighted by atomic mass is 9.79. The summed E-state index contributed by atoms with van der Waals surface area (Å²) in [7, 11) is 1.20. The molecule has 0 bridgehead atoms. The van der Waals surface area contributed by atoms with Gasteiger partial charge in [-0.2, -0.15) is 13.2 Å². The van der Waals surface area contributed by atoms with E-state index in [2.05, 4.69) is 10.6 Å². The van der Waals surface area contributed by atoms with Gasteiger partial charge in [0.1, 0.15) is 5.82 Å². The first-order chi connectivity index (χ1) is 21.5. The summed E-state index contributed by atoms with van der Waals surface area (Å²) in [5, 5.41) is 5.43.